The largest absolute Gasteiger partial charge is 0.338 e. The summed E-state index contributed by atoms with van der Waals surface area (Å²) in [6, 6.07) is 3.96. The number of carbonyl (C=O) groups is 1. The fourth-order valence-electron chi connectivity index (χ4n) is 1.45. The second-order valence-corrected chi connectivity index (χ2v) is 4.11. The zero-order valence-corrected chi connectivity index (χ0v) is 10.6. The Morgan fingerprint density at radius 1 is 1.41 bits per heavy atom. The van der Waals surface area contributed by atoms with Crippen LogP contribution in [0.15, 0.2) is 24.5 Å². The topological polar surface area (TPSA) is 45.2 Å². The Morgan fingerprint density at radius 2 is 2.12 bits per heavy atom. The molecule has 4 nitrogen and oxygen atoms in total. The molecule has 0 fully saturated rings. The number of pyridine rings is 1. The number of aromatic nitrogens is 1. The van der Waals surface area contributed by atoms with E-state index in [4.69, 9.17) is 0 Å². The first-order valence-corrected chi connectivity index (χ1v) is 6.12. The summed E-state index contributed by atoms with van der Waals surface area (Å²) in [5.74, 6) is 0. The third kappa shape index (κ3) is 5.33. The molecular weight excluding hydrogens is 214 g/mol. The first kappa shape index (κ1) is 13.5. The lowest BCUT2D eigenvalue weighted by Gasteiger charge is -2.17. The molecule has 0 aliphatic rings. The van der Waals surface area contributed by atoms with Gasteiger partial charge in [-0.1, -0.05) is 13.3 Å². The molecule has 0 radical (unpaired) electrons. The molecule has 0 atom stereocenters. The summed E-state index contributed by atoms with van der Waals surface area (Å²) in [6.07, 6.45) is 6.54. The number of rotatable bonds is 6. The van der Waals surface area contributed by atoms with E-state index in [2.05, 4.69) is 17.2 Å². The minimum Gasteiger partial charge on any atom is -0.338 e. The molecule has 1 N–H and O–H groups in total. The molecule has 1 aromatic rings. The summed E-state index contributed by atoms with van der Waals surface area (Å²) in [5, 5.41) is 2.89. The Bertz CT molecular complexity index is 327. The van der Waals surface area contributed by atoms with Crippen molar-refractivity contribution in [1.82, 2.24) is 15.2 Å². The summed E-state index contributed by atoms with van der Waals surface area (Å²) in [4.78, 5) is 17.3. The van der Waals surface area contributed by atoms with E-state index < -0.39 is 0 Å². The van der Waals surface area contributed by atoms with Gasteiger partial charge in [-0.3, -0.25) is 4.98 Å². The van der Waals surface area contributed by atoms with Gasteiger partial charge in [-0.05, 0) is 30.5 Å². The highest BCUT2D eigenvalue weighted by Crippen LogP contribution is 1.99. The maximum Gasteiger partial charge on any atom is 0.317 e. The number of nitrogens with zero attached hydrogens (tertiary/aromatic N) is 2. The van der Waals surface area contributed by atoms with Crippen LogP contribution in [0.25, 0.3) is 0 Å². The predicted molar refractivity (Wildman–Crippen MR) is 68.9 cm³/mol. The van der Waals surface area contributed by atoms with Crippen molar-refractivity contribution in [3.63, 3.8) is 0 Å². The molecule has 0 aromatic carbocycles. The van der Waals surface area contributed by atoms with Crippen molar-refractivity contribution in [2.75, 3.05) is 20.1 Å². The molecule has 94 valence electrons. The monoisotopic (exact) mass is 235 g/mol. The maximum absolute atomic E-state index is 11.6. The van der Waals surface area contributed by atoms with Crippen molar-refractivity contribution in [2.45, 2.75) is 26.2 Å². The maximum atomic E-state index is 11.6. The molecule has 17 heavy (non-hydrogen) atoms. The number of urea groups is 1. The highest BCUT2D eigenvalue weighted by atomic mass is 16.2. The van der Waals surface area contributed by atoms with E-state index in [1.807, 2.05) is 19.2 Å². The lowest BCUT2D eigenvalue weighted by molar-refractivity contribution is 0.209. The fraction of sp³-hybridized carbons (Fsp3) is 0.538. The van der Waals surface area contributed by atoms with Crippen LogP contribution in [0, 0.1) is 0 Å². The van der Waals surface area contributed by atoms with Gasteiger partial charge in [0, 0.05) is 32.5 Å². The van der Waals surface area contributed by atoms with Gasteiger partial charge in [-0.2, -0.15) is 0 Å². The number of hydrogen-bond donors (Lipinski definition) is 1. The standard InChI is InChI=1S/C13H21N3O/c1-3-4-8-15-13(17)16(2)11-7-12-5-9-14-10-6-12/h5-6,9-10H,3-4,7-8,11H2,1-2H3,(H,15,17). The van der Waals surface area contributed by atoms with Crippen LogP contribution in [0.2, 0.25) is 0 Å². The Hall–Kier alpha value is -1.58. The van der Waals surface area contributed by atoms with E-state index in [1.165, 1.54) is 5.56 Å². The SMILES string of the molecule is CCCCNC(=O)N(C)CCc1ccncc1. The molecule has 0 bridgehead atoms. The second kappa shape index (κ2) is 7.65. The third-order valence-electron chi connectivity index (χ3n) is 2.64. The van der Waals surface area contributed by atoms with Crippen LogP contribution in [0.1, 0.15) is 25.3 Å². The molecule has 0 aliphatic heterocycles. The van der Waals surface area contributed by atoms with Crippen LogP contribution in [-0.2, 0) is 6.42 Å². The van der Waals surface area contributed by atoms with Gasteiger partial charge in [0.2, 0.25) is 0 Å². The van der Waals surface area contributed by atoms with Gasteiger partial charge in [0.05, 0.1) is 0 Å². The van der Waals surface area contributed by atoms with Crippen LogP contribution >= 0.6 is 0 Å². The van der Waals surface area contributed by atoms with Crippen LogP contribution in [0.4, 0.5) is 4.79 Å². The molecule has 2 amide bonds. The summed E-state index contributed by atoms with van der Waals surface area (Å²) in [7, 11) is 1.82. The quantitative estimate of drug-likeness (QED) is 0.767. The van der Waals surface area contributed by atoms with Crippen molar-refractivity contribution in [2.24, 2.45) is 0 Å². The Morgan fingerprint density at radius 3 is 2.76 bits per heavy atom. The predicted octanol–water partition coefficient (Wildman–Crippen LogP) is 2.07. The van der Waals surface area contributed by atoms with Crippen LogP contribution < -0.4 is 5.32 Å². The van der Waals surface area contributed by atoms with E-state index in [9.17, 15) is 4.79 Å². The first-order valence-electron chi connectivity index (χ1n) is 6.12. The average molecular weight is 235 g/mol. The first-order chi connectivity index (χ1) is 8.24. The Balaban J connectivity index is 2.24. The zero-order chi connectivity index (χ0) is 12.5. The number of nitrogens with one attached hydrogen (secondary N) is 1. The summed E-state index contributed by atoms with van der Waals surface area (Å²) >= 11 is 0. The Labute approximate surface area is 103 Å². The minimum atomic E-state index is 0.00695. The van der Waals surface area contributed by atoms with E-state index in [0.29, 0.717) is 0 Å². The van der Waals surface area contributed by atoms with Gasteiger partial charge in [0.1, 0.15) is 0 Å². The van der Waals surface area contributed by atoms with Gasteiger partial charge in [0.15, 0.2) is 0 Å². The molecule has 0 unspecified atom stereocenters. The number of unbranched alkanes of at least 4 members (excludes halogenated alkanes) is 1. The number of hydrogen-bond acceptors (Lipinski definition) is 2. The molecular formula is C13H21N3O. The van der Waals surface area contributed by atoms with Gasteiger partial charge in [-0.15, -0.1) is 0 Å². The lowest BCUT2D eigenvalue weighted by Crippen LogP contribution is -2.38. The summed E-state index contributed by atoms with van der Waals surface area (Å²) in [6.45, 7) is 3.59. The van der Waals surface area contributed by atoms with Crippen molar-refractivity contribution in [3.8, 4) is 0 Å². The van der Waals surface area contributed by atoms with Crippen molar-refractivity contribution in [3.05, 3.63) is 30.1 Å². The fourth-order valence-corrected chi connectivity index (χ4v) is 1.45. The average Bonchev–Trinajstić information content (AvgIpc) is 2.37. The molecule has 0 saturated heterocycles. The molecule has 1 heterocycles. The second-order valence-electron chi connectivity index (χ2n) is 4.11. The van der Waals surface area contributed by atoms with Gasteiger partial charge < -0.3 is 10.2 Å². The highest BCUT2D eigenvalue weighted by molar-refractivity contribution is 5.73. The van der Waals surface area contributed by atoms with E-state index >= 15 is 0 Å². The van der Waals surface area contributed by atoms with Crippen LogP contribution in [-0.4, -0.2) is 36.1 Å². The van der Waals surface area contributed by atoms with Gasteiger partial charge in [-0.25, -0.2) is 4.79 Å². The van der Waals surface area contributed by atoms with Crippen molar-refractivity contribution < 1.29 is 4.79 Å². The van der Waals surface area contributed by atoms with Gasteiger partial charge in [0.25, 0.3) is 0 Å². The highest BCUT2D eigenvalue weighted by Gasteiger charge is 2.06. The van der Waals surface area contributed by atoms with Crippen LogP contribution in [0.3, 0.4) is 0 Å². The molecule has 4 heteroatoms. The molecule has 0 spiro atoms. The third-order valence-corrected chi connectivity index (χ3v) is 2.64. The number of carbonyl (C=O) groups excluding carboxylic acids is 1. The molecule has 0 saturated carbocycles. The van der Waals surface area contributed by atoms with E-state index in [1.54, 1.807) is 17.3 Å². The Kier molecular flexibility index (Phi) is 6.07. The smallest absolute Gasteiger partial charge is 0.317 e. The van der Waals surface area contributed by atoms with E-state index in [0.717, 1.165) is 32.4 Å². The number of likely N-dealkylation sites (N-methyl/N-ethyl adjacent to an activating group) is 1. The molecule has 1 rings (SSSR count). The molecule has 0 aliphatic carbocycles. The minimum absolute atomic E-state index is 0.00695. The van der Waals surface area contributed by atoms with Crippen molar-refractivity contribution in [1.29, 1.82) is 0 Å². The normalized spacial score (nSPS) is 10.0. The summed E-state index contributed by atoms with van der Waals surface area (Å²) in [5.41, 5.74) is 1.20. The summed E-state index contributed by atoms with van der Waals surface area (Å²) < 4.78 is 0. The number of amides is 2. The van der Waals surface area contributed by atoms with E-state index in [-0.39, 0.29) is 6.03 Å². The lowest BCUT2D eigenvalue weighted by atomic mass is 10.2. The zero-order valence-electron chi connectivity index (χ0n) is 10.6. The van der Waals surface area contributed by atoms with Gasteiger partial charge >= 0.3 is 6.03 Å². The van der Waals surface area contributed by atoms with Crippen LogP contribution in [0.5, 0.6) is 0 Å². The molecule has 1 aromatic heterocycles. The van der Waals surface area contributed by atoms with Crippen molar-refractivity contribution >= 4 is 6.03 Å².